The van der Waals surface area contributed by atoms with Gasteiger partial charge in [0.05, 0.1) is 5.70 Å². The van der Waals surface area contributed by atoms with Crippen molar-refractivity contribution in [2.45, 2.75) is 44.1 Å². The molecule has 0 spiro atoms. The van der Waals surface area contributed by atoms with Crippen LogP contribution in [0.25, 0.3) is 0 Å². The lowest BCUT2D eigenvalue weighted by molar-refractivity contribution is -0.121. The van der Waals surface area contributed by atoms with Crippen LogP contribution in [0.2, 0.25) is 0 Å². The smallest absolute Gasteiger partial charge is 0.240 e. The van der Waals surface area contributed by atoms with E-state index in [1.807, 2.05) is 16.0 Å². The molecule has 0 aromatic carbocycles. The number of hydrogen-bond acceptors (Lipinski definition) is 6. The molecule has 4 N–H and O–H groups in total. The Bertz CT molecular complexity index is 834. The van der Waals surface area contributed by atoms with Crippen LogP contribution in [0.1, 0.15) is 43.7 Å². The molecule has 9 nitrogen and oxygen atoms in total. The fourth-order valence-electron chi connectivity index (χ4n) is 3.81. The zero-order chi connectivity index (χ0) is 17.7. The van der Waals surface area contributed by atoms with E-state index in [0.29, 0.717) is 23.5 Å². The Balaban J connectivity index is 1.48. The topological polar surface area (TPSA) is 115 Å². The van der Waals surface area contributed by atoms with Crippen LogP contribution in [0.15, 0.2) is 27.8 Å². The van der Waals surface area contributed by atoms with Gasteiger partial charge in [0.15, 0.2) is 11.7 Å². The number of aromatic amines is 1. The molecule has 0 unspecified atom stereocenters. The van der Waals surface area contributed by atoms with Gasteiger partial charge in [-0.15, -0.1) is 0 Å². The van der Waals surface area contributed by atoms with Crippen LogP contribution in [0, 0.1) is 0 Å². The number of likely N-dealkylation sites (tertiary alicyclic amines) is 1. The third kappa shape index (κ3) is 2.63. The first-order valence-electron chi connectivity index (χ1n) is 9.22. The van der Waals surface area contributed by atoms with Crippen molar-refractivity contribution in [3.05, 3.63) is 23.5 Å². The van der Waals surface area contributed by atoms with Crippen LogP contribution in [-0.2, 0) is 4.79 Å². The average Bonchev–Trinajstić information content (AvgIpc) is 3.06. The fraction of sp³-hybridized carbons (Fsp3) is 0.529. The minimum atomic E-state index is -0.317. The molecule has 3 aliphatic heterocycles. The van der Waals surface area contributed by atoms with Crippen LogP contribution < -0.4 is 11.2 Å². The van der Waals surface area contributed by atoms with E-state index in [2.05, 4.69) is 26.7 Å². The number of hydrogen-bond donors (Lipinski definition) is 3. The molecule has 9 heteroatoms. The largest absolute Gasteiger partial charge is 0.368 e. The highest BCUT2D eigenvalue weighted by molar-refractivity contribution is 6.09. The second-order valence-electron chi connectivity index (χ2n) is 7.22. The maximum Gasteiger partial charge on any atom is 0.240 e. The molecular weight excluding hydrogens is 332 g/mol. The molecule has 5 rings (SSSR count). The van der Waals surface area contributed by atoms with Gasteiger partial charge in [-0.3, -0.25) is 20.3 Å². The van der Waals surface area contributed by atoms with Gasteiger partial charge in [-0.1, -0.05) is 6.08 Å². The summed E-state index contributed by atoms with van der Waals surface area (Å²) in [5, 5.41) is 9.43. The summed E-state index contributed by atoms with van der Waals surface area (Å²) in [6.45, 7) is 1.60. The first kappa shape index (κ1) is 15.4. The average molecular weight is 354 g/mol. The summed E-state index contributed by atoms with van der Waals surface area (Å²) in [7, 11) is 0. The SMILES string of the molecule is NC(=O)[C@@H]1CCCN1C1=NC(=Nc2cc(C3CC3)[nH]n2)C2=CCCN2N1. The minimum absolute atomic E-state index is 0.311. The summed E-state index contributed by atoms with van der Waals surface area (Å²) in [6, 6.07) is 1.69. The molecule has 4 heterocycles. The van der Waals surface area contributed by atoms with E-state index in [1.54, 1.807) is 0 Å². The summed E-state index contributed by atoms with van der Waals surface area (Å²) in [5.41, 5.74) is 11.0. The van der Waals surface area contributed by atoms with E-state index >= 15 is 0 Å². The van der Waals surface area contributed by atoms with Crippen LogP contribution in [0.5, 0.6) is 0 Å². The number of nitrogens with two attached hydrogens (primary N) is 1. The Morgan fingerprint density at radius 3 is 3.00 bits per heavy atom. The number of hydrazine groups is 1. The van der Waals surface area contributed by atoms with E-state index in [-0.39, 0.29) is 11.9 Å². The van der Waals surface area contributed by atoms with Crippen LogP contribution in [0.4, 0.5) is 5.82 Å². The van der Waals surface area contributed by atoms with E-state index in [1.165, 1.54) is 12.8 Å². The highest BCUT2D eigenvalue weighted by Gasteiger charge is 2.36. The molecule has 0 bridgehead atoms. The van der Waals surface area contributed by atoms with Gasteiger partial charge in [-0.2, -0.15) is 10.1 Å². The normalized spacial score (nSPS) is 26.6. The molecule has 1 aromatic rings. The number of amides is 1. The van der Waals surface area contributed by atoms with E-state index < -0.39 is 0 Å². The summed E-state index contributed by atoms with van der Waals surface area (Å²) in [4.78, 5) is 23.1. The number of nitrogens with one attached hydrogen (secondary N) is 2. The zero-order valence-corrected chi connectivity index (χ0v) is 14.5. The number of primary amides is 1. The van der Waals surface area contributed by atoms with Gasteiger partial charge in [0.2, 0.25) is 11.9 Å². The van der Waals surface area contributed by atoms with Crippen LogP contribution in [0.3, 0.4) is 0 Å². The van der Waals surface area contributed by atoms with Crippen molar-refractivity contribution >= 4 is 23.5 Å². The molecular formula is C17H22N8O. The van der Waals surface area contributed by atoms with Gasteiger partial charge in [0.25, 0.3) is 0 Å². The second kappa shape index (κ2) is 5.86. The number of guanidine groups is 1. The maximum absolute atomic E-state index is 11.8. The lowest BCUT2D eigenvalue weighted by Gasteiger charge is -2.34. The number of nitrogens with zero attached hydrogens (tertiary/aromatic N) is 5. The maximum atomic E-state index is 11.8. The molecule has 0 radical (unpaired) electrons. The molecule has 1 atom stereocenters. The standard InChI is InChI=1S/C17H22N8O/c18-15(26)12-3-1-7-24(12)17-20-16(13-4-2-8-25(13)23-17)19-14-9-11(21-22-14)10-5-6-10/h4,9-10,12H,1-3,5-8H2,(H2,18,26)(H2,19,20,21,22,23)/t12-/m0/s1. The van der Waals surface area contributed by atoms with Crippen molar-refractivity contribution in [3.8, 4) is 0 Å². The number of aromatic nitrogens is 2. The Kier molecular flexibility index (Phi) is 3.47. The molecule has 136 valence electrons. The monoisotopic (exact) mass is 354 g/mol. The summed E-state index contributed by atoms with van der Waals surface area (Å²) < 4.78 is 0. The molecule has 1 amide bonds. The number of amidine groups is 1. The first-order valence-corrected chi connectivity index (χ1v) is 9.22. The number of aliphatic imine (C=N–C) groups is 2. The summed E-state index contributed by atoms with van der Waals surface area (Å²) >= 11 is 0. The van der Waals surface area contributed by atoms with Crippen molar-refractivity contribution in [2.75, 3.05) is 13.1 Å². The molecule has 1 saturated heterocycles. The van der Waals surface area contributed by atoms with Gasteiger partial charge < -0.3 is 10.6 Å². The third-order valence-electron chi connectivity index (χ3n) is 5.33. The molecule has 1 aliphatic carbocycles. The van der Waals surface area contributed by atoms with E-state index in [0.717, 1.165) is 43.7 Å². The zero-order valence-electron chi connectivity index (χ0n) is 14.5. The summed E-state index contributed by atoms with van der Waals surface area (Å²) in [5.74, 6) is 2.20. The van der Waals surface area contributed by atoms with Crippen molar-refractivity contribution in [1.82, 2.24) is 25.5 Å². The van der Waals surface area contributed by atoms with E-state index in [4.69, 9.17) is 10.7 Å². The Hall–Kier alpha value is -2.84. The van der Waals surface area contributed by atoms with Gasteiger partial charge in [0, 0.05) is 30.8 Å². The first-order chi connectivity index (χ1) is 12.7. The van der Waals surface area contributed by atoms with Crippen molar-refractivity contribution < 1.29 is 4.79 Å². The lowest BCUT2D eigenvalue weighted by Crippen LogP contribution is -2.56. The number of fused-ring (bicyclic) bond motifs is 1. The van der Waals surface area contributed by atoms with Crippen molar-refractivity contribution in [1.29, 1.82) is 0 Å². The quantitative estimate of drug-likeness (QED) is 0.740. The predicted octanol–water partition coefficient (Wildman–Crippen LogP) is 0.731. The Labute approximate surface area is 151 Å². The lowest BCUT2D eigenvalue weighted by atomic mass is 10.2. The number of H-pyrrole nitrogens is 1. The number of rotatable bonds is 3. The summed E-state index contributed by atoms with van der Waals surface area (Å²) in [6.07, 6.45) is 7.16. The van der Waals surface area contributed by atoms with Crippen molar-refractivity contribution in [3.63, 3.8) is 0 Å². The molecule has 4 aliphatic rings. The Morgan fingerprint density at radius 1 is 1.31 bits per heavy atom. The highest BCUT2D eigenvalue weighted by Crippen LogP contribution is 2.40. The van der Waals surface area contributed by atoms with E-state index in [9.17, 15) is 4.79 Å². The minimum Gasteiger partial charge on any atom is -0.368 e. The van der Waals surface area contributed by atoms with Crippen molar-refractivity contribution in [2.24, 2.45) is 15.7 Å². The van der Waals surface area contributed by atoms with Gasteiger partial charge in [-0.25, -0.2) is 4.99 Å². The molecule has 26 heavy (non-hydrogen) atoms. The number of carbonyl (C=O) groups excluding carboxylic acids is 1. The second-order valence-corrected chi connectivity index (χ2v) is 7.22. The number of carbonyl (C=O) groups is 1. The van der Waals surface area contributed by atoms with Gasteiger partial charge >= 0.3 is 0 Å². The molecule has 1 saturated carbocycles. The van der Waals surface area contributed by atoms with Gasteiger partial charge in [-0.05, 0) is 32.1 Å². The molecule has 1 aromatic heterocycles. The van der Waals surface area contributed by atoms with Gasteiger partial charge in [0.1, 0.15) is 6.04 Å². The fourth-order valence-corrected chi connectivity index (χ4v) is 3.81. The van der Waals surface area contributed by atoms with Crippen LogP contribution in [-0.4, -0.2) is 56.9 Å². The predicted molar refractivity (Wildman–Crippen MR) is 96.6 cm³/mol. The highest BCUT2D eigenvalue weighted by atomic mass is 16.1. The molecule has 2 fully saturated rings. The third-order valence-corrected chi connectivity index (χ3v) is 5.33. The Morgan fingerprint density at radius 2 is 2.19 bits per heavy atom. The van der Waals surface area contributed by atoms with Crippen LogP contribution >= 0.6 is 0 Å².